The number of fused-ring (bicyclic) bond motifs is 1. The van der Waals surface area contributed by atoms with E-state index in [1.807, 2.05) is 0 Å². The number of aryl methyl sites for hydroxylation is 1. The number of rotatable bonds is 5. The molecule has 2 aromatic carbocycles. The van der Waals surface area contributed by atoms with Crippen molar-refractivity contribution in [2.24, 2.45) is 0 Å². The second kappa shape index (κ2) is 7.25. The molecule has 0 unspecified atom stereocenters. The lowest BCUT2D eigenvalue weighted by Crippen LogP contribution is -2.27. The van der Waals surface area contributed by atoms with E-state index in [0.29, 0.717) is 28.7 Å². The second-order valence-corrected chi connectivity index (χ2v) is 5.84. The average Bonchev–Trinajstić information content (AvgIpc) is 2.60. The van der Waals surface area contributed by atoms with Gasteiger partial charge in [-0.3, -0.25) is 9.59 Å². The Hall–Kier alpha value is -3.02. The number of carbonyl (C=O) groups is 1. The first-order valence-corrected chi connectivity index (χ1v) is 8.06. The van der Waals surface area contributed by atoms with Crippen LogP contribution < -0.4 is 10.9 Å². The van der Waals surface area contributed by atoms with Gasteiger partial charge in [-0.15, -0.1) is 0 Å². The minimum Gasteiger partial charge on any atom is -0.349 e. The normalized spacial score (nSPS) is 12.1. The van der Waals surface area contributed by atoms with Gasteiger partial charge in [0.25, 0.3) is 5.56 Å². The van der Waals surface area contributed by atoms with E-state index < -0.39 is 6.04 Å². The van der Waals surface area contributed by atoms with Crippen LogP contribution in [0, 0.1) is 5.82 Å². The average molecular weight is 339 g/mol. The molecule has 128 valence electrons. The number of halogens is 1. The molecule has 0 bridgehead atoms. The maximum Gasteiger partial charge on any atom is 0.258 e. The molecular weight excluding hydrogens is 321 g/mol. The monoisotopic (exact) mass is 339 g/mol. The summed E-state index contributed by atoms with van der Waals surface area (Å²) in [5.41, 5.74) is 0.815. The van der Waals surface area contributed by atoms with E-state index in [2.05, 4.69) is 15.3 Å². The molecule has 3 aromatic rings. The van der Waals surface area contributed by atoms with Crippen LogP contribution in [0.5, 0.6) is 0 Å². The molecule has 0 aliphatic heterocycles. The molecule has 25 heavy (non-hydrogen) atoms. The molecule has 0 aliphatic carbocycles. The van der Waals surface area contributed by atoms with Gasteiger partial charge in [0.05, 0.1) is 16.9 Å². The van der Waals surface area contributed by atoms with Crippen molar-refractivity contribution in [3.05, 3.63) is 76.1 Å². The lowest BCUT2D eigenvalue weighted by atomic mass is 10.1. The molecular formula is C19H18FN3O2. The third kappa shape index (κ3) is 3.91. The number of hydrogen-bond donors (Lipinski definition) is 2. The standard InChI is InChI=1S/C19H18FN3O2/c1-12(13-6-2-4-8-15(13)20)21-18(24)11-10-17-22-16-9-5-3-7-14(16)19(25)23-17/h2-9,12H,10-11H2,1H3,(H,21,24)(H,22,23,25)/t12-/m0/s1. The van der Waals surface area contributed by atoms with E-state index in [9.17, 15) is 14.0 Å². The lowest BCUT2D eigenvalue weighted by Gasteiger charge is -2.15. The molecule has 5 nitrogen and oxygen atoms in total. The van der Waals surface area contributed by atoms with E-state index in [1.165, 1.54) is 6.07 Å². The van der Waals surface area contributed by atoms with Crippen LogP contribution in [0.25, 0.3) is 10.9 Å². The number of hydrogen-bond acceptors (Lipinski definition) is 3. The molecule has 6 heteroatoms. The maximum atomic E-state index is 13.7. The lowest BCUT2D eigenvalue weighted by molar-refractivity contribution is -0.121. The predicted molar refractivity (Wildman–Crippen MR) is 93.6 cm³/mol. The van der Waals surface area contributed by atoms with E-state index in [0.717, 1.165) is 0 Å². The molecule has 1 heterocycles. The van der Waals surface area contributed by atoms with E-state index in [4.69, 9.17) is 0 Å². The summed E-state index contributed by atoms with van der Waals surface area (Å²) in [6.07, 6.45) is 0.454. The van der Waals surface area contributed by atoms with Crippen LogP contribution >= 0.6 is 0 Å². The summed E-state index contributed by atoms with van der Waals surface area (Å²) in [6.45, 7) is 1.73. The van der Waals surface area contributed by atoms with Crippen molar-refractivity contribution in [2.45, 2.75) is 25.8 Å². The van der Waals surface area contributed by atoms with Gasteiger partial charge in [-0.2, -0.15) is 0 Å². The SMILES string of the molecule is C[C@H](NC(=O)CCc1nc2ccccc2c(=O)[nH]1)c1ccccc1F. The van der Waals surface area contributed by atoms with Crippen LogP contribution in [0.3, 0.4) is 0 Å². The third-order valence-electron chi connectivity index (χ3n) is 4.00. The second-order valence-electron chi connectivity index (χ2n) is 5.84. The Kier molecular flexibility index (Phi) is 4.88. The summed E-state index contributed by atoms with van der Waals surface area (Å²) in [5, 5.41) is 3.28. The number of nitrogens with zero attached hydrogens (tertiary/aromatic N) is 1. The Morgan fingerprint density at radius 2 is 1.92 bits per heavy atom. The molecule has 1 atom stereocenters. The van der Waals surface area contributed by atoms with Crippen LogP contribution in [0.1, 0.15) is 30.8 Å². The van der Waals surface area contributed by atoms with Gasteiger partial charge in [0.2, 0.25) is 5.91 Å². The predicted octanol–water partition coefficient (Wildman–Crippen LogP) is 2.87. The first-order valence-electron chi connectivity index (χ1n) is 8.06. The third-order valence-corrected chi connectivity index (χ3v) is 4.00. The zero-order valence-corrected chi connectivity index (χ0v) is 13.8. The van der Waals surface area contributed by atoms with E-state index >= 15 is 0 Å². The van der Waals surface area contributed by atoms with Crippen LogP contribution in [0.2, 0.25) is 0 Å². The molecule has 0 aliphatic rings. The number of aromatic nitrogens is 2. The molecule has 1 amide bonds. The topological polar surface area (TPSA) is 74.8 Å². The number of amides is 1. The minimum absolute atomic E-state index is 0.153. The Morgan fingerprint density at radius 1 is 1.20 bits per heavy atom. The quantitative estimate of drug-likeness (QED) is 0.750. The van der Waals surface area contributed by atoms with Crippen LogP contribution in [0.4, 0.5) is 4.39 Å². The summed E-state index contributed by atoms with van der Waals surface area (Å²) in [4.78, 5) is 31.2. The molecule has 0 spiro atoms. The molecule has 2 N–H and O–H groups in total. The summed E-state index contributed by atoms with van der Waals surface area (Å²) < 4.78 is 13.7. The molecule has 0 saturated carbocycles. The highest BCUT2D eigenvalue weighted by Crippen LogP contribution is 2.16. The highest BCUT2D eigenvalue weighted by molar-refractivity contribution is 5.78. The first kappa shape index (κ1) is 16.8. The molecule has 1 aromatic heterocycles. The maximum absolute atomic E-state index is 13.7. The van der Waals surface area contributed by atoms with Crippen molar-refractivity contribution in [3.8, 4) is 0 Å². The number of benzene rings is 2. The van der Waals surface area contributed by atoms with Crippen molar-refractivity contribution in [2.75, 3.05) is 0 Å². The fourth-order valence-corrected chi connectivity index (χ4v) is 2.70. The number of carbonyl (C=O) groups excluding carboxylic acids is 1. The largest absolute Gasteiger partial charge is 0.349 e. The van der Waals surface area contributed by atoms with Gasteiger partial charge >= 0.3 is 0 Å². The summed E-state index contributed by atoms with van der Waals surface area (Å²) in [5.74, 6) is -0.125. The van der Waals surface area contributed by atoms with Crippen molar-refractivity contribution in [3.63, 3.8) is 0 Å². The van der Waals surface area contributed by atoms with Crippen molar-refractivity contribution < 1.29 is 9.18 Å². The van der Waals surface area contributed by atoms with Crippen LogP contribution in [0.15, 0.2) is 53.3 Å². The van der Waals surface area contributed by atoms with E-state index in [1.54, 1.807) is 49.4 Å². The van der Waals surface area contributed by atoms with Gasteiger partial charge < -0.3 is 10.3 Å². The van der Waals surface area contributed by atoms with Gasteiger partial charge in [-0.1, -0.05) is 30.3 Å². The van der Waals surface area contributed by atoms with Crippen LogP contribution in [-0.2, 0) is 11.2 Å². The van der Waals surface area contributed by atoms with Gasteiger partial charge in [0.1, 0.15) is 11.6 Å². The van der Waals surface area contributed by atoms with E-state index in [-0.39, 0.29) is 23.7 Å². The molecule has 0 radical (unpaired) electrons. The number of aromatic amines is 1. The Labute approximate surface area is 143 Å². The highest BCUT2D eigenvalue weighted by Gasteiger charge is 2.13. The van der Waals surface area contributed by atoms with Crippen LogP contribution in [-0.4, -0.2) is 15.9 Å². The zero-order valence-electron chi connectivity index (χ0n) is 13.8. The van der Waals surface area contributed by atoms with Gasteiger partial charge in [-0.05, 0) is 25.1 Å². The summed E-state index contributed by atoms with van der Waals surface area (Å²) in [7, 11) is 0. The summed E-state index contributed by atoms with van der Waals surface area (Å²) >= 11 is 0. The summed E-state index contributed by atoms with van der Waals surface area (Å²) in [6, 6.07) is 12.9. The number of H-pyrrole nitrogens is 1. The highest BCUT2D eigenvalue weighted by atomic mass is 19.1. The van der Waals surface area contributed by atoms with Gasteiger partial charge in [-0.25, -0.2) is 9.37 Å². The Balaban J connectivity index is 1.65. The smallest absolute Gasteiger partial charge is 0.258 e. The Morgan fingerprint density at radius 3 is 2.72 bits per heavy atom. The number of para-hydroxylation sites is 1. The van der Waals surface area contributed by atoms with Crippen molar-refractivity contribution in [1.29, 1.82) is 0 Å². The van der Waals surface area contributed by atoms with Gasteiger partial charge in [0, 0.05) is 18.4 Å². The zero-order chi connectivity index (χ0) is 17.8. The van der Waals surface area contributed by atoms with Crippen molar-refractivity contribution >= 4 is 16.8 Å². The number of nitrogens with one attached hydrogen (secondary N) is 2. The molecule has 3 rings (SSSR count). The van der Waals surface area contributed by atoms with Gasteiger partial charge in [0.15, 0.2) is 0 Å². The Bertz CT molecular complexity index is 968. The fourth-order valence-electron chi connectivity index (χ4n) is 2.70. The van der Waals surface area contributed by atoms with Crippen molar-refractivity contribution in [1.82, 2.24) is 15.3 Å². The fraction of sp³-hybridized carbons (Fsp3) is 0.211. The first-order chi connectivity index (χ1) is 12.0. The molecule has 0 fully saturated rings. The molecule has 0 saturated heterocycles. The minimum atomic E-state index is -0.433.